The van der Waals surface area contributed by atoms with E-state index in [-0.39, 0.29) is 12.4 Å². The molecule has 3 aromatic rings. The molecule has 144 valence electrons. The Kier molecular flexibility index (Phi) is 7.12. The summed E-state index contributed by atoms with van der Waals surface area (Å²) in [5.74, 6) is 0.223. The Hall–Kier alpha value is -1.79. The standard InChI is InChI=1S/C19H19Cl2N3O2.ClH/c1-19(2,26-16-9-7-15(21)8-10-16)17(13-3-5-14(20)6-4-13)18(25)24-12-22-11-23-24;/h3-12,17-18,25H,1-2H3;1H. The molecular formula is C19H20Cl3N3O2. The van der Waals surface area contributed by atoms with Crippen LogP contribution in [0.15, 0.2) is 61.2 Å². The van der Waals surface area contributed by atoms with Gasteiger partial charge in [-0.25, -0.2) is 9.67 Å². The van der Waals surface area contributed by atoms with E-state index in [4.69, 9.17) is 27.9 Å². The smallest absolute Gasteiger partial charge is 0.159 e. The Bertz CT molecular complexity index is 838. The van der Waals surface area contributed by atoms with Crippen LogP contribution < -0.4 is 4.74 Å². The SMILES string of the molecule is CC(C)(Oc1ccc(Cl)cc1)C(c1ccc(Cl)cc1)C(O)n1cncn1.Cl. The van der Waals surface area contributed by atoms with Crippen molar-refractivity contribution in [3.05, 3.63) is 76.8 Å². The second kappa shape index (κ2) is 8.93. The van der Waals surface area contributed by atoms with Crippen molar-refractivity contribution in [2.75, 3.05) is 0 Å². The van der Waals surface area contributed by atoms with Crippen LogP contribution >= 0.6 is 35.6 Å². The van der Waals surface area contributed by atoms with Gasteiger partial charge in [-0.15, -0.1) is 12.4 Å². The third-order valence-corrected chi connectivity index (χ3v) is 4.68. The lowest BCUT2D eigenvalue weighted by molar-refractivity contribution is -0.0294. The molecule has 0 bridgehead atoms. The minimum Gasteiger partial charge on any atom is -0.487 e. The fourth-order valence-electron chi connectivity index (χ4n) is 2.98. The van der Waals surface area contributed by atoms with E-state index in [1.807, 2.05) is 26.0 Å². The van der Waals surface area contributed by atoms with E-state index in [0.717, 1.165) is 5.56 Å². The number of benzene rings is 2. The summed E-state index contributed by atoms with van der Waals surface area (Å²) in [7, 11) is 0. The van der Waals surface area contributed by atoms with Crippen molar-refractivity contribution < 1.29 is 9.84 Å². The summed E-state index contributed by atoms with van der Waals surface area (Å²) < 4.78 is 7.62. The van der Waals surface area contributed by atoms with Crippen LogP contribution in [-0.4, -0.2) is 25.5 Å². The molecule has 0 fully saturated rings. The van der Waals surface area contributed by atoms with Gasteiger partial charge in [-0.3, -0.25) is 0 Å². The van der Waals surface area contributed by atoms with Gasteiger partial charge in [0, 0.05) is 10.0 Å². The molecule has 5 nitrogen and oxygen atoms in total. The molecule has 0 aliphatic rings. The Balaban J connectivity index is 0.00000261. The number of rotatable bonds is 6. The lowest BCUT2D eigenvalue weighted by Gasteiger charge is -2.38. The van der Waals surface area contributed by atoms with Crippen molar-refractivity contribution in [3.63, 3.8) is 0 Å². The lowest BCUT2D eigenvalue weighted by atomic mass is 9.83. The maximum atomic E-state index is 11.0. The highest BCUT2D eigenvalue weighted by Crippen LogP contribution is 2.39. The summed E-state index contributed by atoms with van der Waals surface area (Å²) in [5, 5.41) is 16.3. The molecule has 0 aliphatic carbocycles. The monoisotopic (exact) mass is 427 g/mol. The predicted molar refractivity (Wildman–Crippen MR) is 109 cm³/mol. The second-order valence-electron chi connectivity index (χ2n) is 6.48. The van der Waals surface area contributed by atoms with Gasteiger partial charge in [0.1, 0.15) is 24.0 Å². The summed E-state index contributed by atoms with van der Waals surface area (Å²) in [4.78, 5) is 3.92. The molecule has 1 N–H and O–H groups in total. The first kappa shape index (κ1) is 21.5. The second-order valence-corrected chi connectivity index (χ2v) is 7.35. The number of aliphatic hydroxyl groups excluding tert-OH is 1. The van der Waals surface area contributed by atoms with Crippen molar-refractivity contribution in [1.82, 2.24) is 14.8 Å². The third-order valence-electron chi connectivity index (χ3n) is 4.18. The maximum absolute atomic E-state index is 11.0. The van der Waals surface area contributed by atoms with Gasteiger partial charge in [0.2, 0.25) is 0 Å². The van der Waals surface area contributed by atoms with Crippen LogP contribution in [-0.2, 0) is 0 Å². The molecule has 2 unspecified atom stereocenters. The molecule has 0 amide bonds. The fraction of sp³-hybridized carbons (Fsp3) is 0.263. The molecule has 0 spiro atoms. The minimum absolute atomic E-state index is 0. The van der Waals surface area contributed by atoms with E-state index >= 15 is 0 Å². The van der Waals surface area contributed by atoms with Gasteiger partial charge in [0.15, 0.2) is 6.23 Å². The number of halogens is 3. The van der Waals surface area contributed by atoms with E-state index in [9.17, 15) is 5.11 Å². The minimum atomic E-state index is -0.971. The molecule has 8 heteroatoms. The van der Waals surface area contributed by atoms with Crippen molar-refractivity contribution in [1.29, 1.82) is 0 Å². The van der Waals surface area contributed by atoms with Crippen molar-refractivity contribution in [2.45, 2.75) is 31.6 Å². The van der Waals surface area contributed by atoms with E-state index < -0.39 is 17.7 Å². The van der Waals surface area contributed by atoms with Crippen LogP contribution in [0.25, 0.3) is 0 Å². The number of hydrogen-bond donors (Lipinski definition) is 1. The summed E-state index contributed by atoms with van der Waals surface area (Å²) >= 11 is 12.0. The van der Waals surface area contributed by atoms with E-state index in [1.165, 1.54) is 17.3 Å². The Morgan fingerprint density at radius 1 is 1.00 bits per heavy atom. The van der Waals surface area contributed by atoms with E-state index in [0.29, 0.717) is 15.8 Å². The summed E-state index contributed by atoms with van der Waals surface area (Å²) in [6.07, 6.45) is 1.89. The Morgan fingerprint density at radius 2 is 1.56 bits per heavy atom. The number of ether oxygens (including phenoxy) is 1. The van der Waals surface area contributed by atoms with Gasteiger partial charge < -0.3 is 9.84 Å². The topological polar surface area (TPSA) is 60.2 Å². The molecule has 1 aromatic heterocycles. The average molecular weight is 429 g/mol. The molecule has 1 heterocycles. The third kappa shape index (κ3) is 5.14. The summed E-state index contributed by atoms with van der Waals surface area (Å²) in [6, 6.07) is 14.4. The van der Waals surface area contributed by atoms with Gasteiger partial charge in [-0.1, -0.05) is 35.3 Å². The van der Waals surface area contributed by atoms with Crippen LogP contribution in [0, 0.1) is 0 Å². The molecule has 0 radical (unpaired) electrons. The first-order valence-electron chi connectivity index (χ1n) is 8.09. The number of nitrogens with zero attached hydrogens (tertiary/aromatic N) is 3. The predicted octanol–water partition coefficient (Wildman–Crippen LogP) is 5.14. The highest BCUT2D eigenvalue weighted by atomic mass is 35.5. The Labute approximate surface area is 174 Å². The summed E-state index contributed by atoms with van der Waals surface area (Å²) in [5.41, 5.74) is 0.101. The highest BCUT2D eigenvalue weighted by Gasteiger charge is 2.39. The molecule has 27 heavy (non-hydrogen) atoms. The zero-order valence-electron chi connectivity index (χ0n) is 14.8. The average Bonchev–Trinajstić information content (AvgIpc) is 3.13. The van der Waals surface area contributed by atoms with Gasteiger partial charge in [0.25, 0.3) is 0 Å². The lowest BCUT2D eigenvalue weighted by Crippen LogP contribution is -2.41. The fourth-order valence-corrected chi connectivity index (χ4v) is 3.23. The van der Waals surface area contributed by atoms with Crippen LogP contribution in [0.1, 0.15) is 31.6 Å². The van der Waals surface area contributed by atoms with Gasteiger partial charge in [-0.2, -0.15) is 5.10 Å². The maximum Gasteiger partial charge on any atom is 0.159 e. The molecular weight excluding hydrogens is 409 g/mol. The number of hydrogen-bond acceptors (Lipinski definition) is 4. The Morgan fingerprint density at radius 3 is 2.07 bits per heavy atom. The molecule has 0 aliphatic heterocycles. The van der Waals surface area contributed by atoms with Crippen LogP contribution in [0.4, 0.5) is 0 Å². The van der Waals surface area contributed by atoms with Crippen molar-refractivity contribution in [2.24, 2.45) is 0 Å². The number of aromatic nitrogens is 3. The van der Waals surface area contributed by atoms with Gasteiger partial charge >= 0.3 is 0 Å². The van der Waals surface area contributed by atoms with Gasteiger partial charge in [-0.05, 0) is 55.8 Å². The zero-order chi connectivity index (χ0) is 18.7. The van der Waals surface area contributed by atoms with Crippen molar-refractivity contribution in [3.8, 4) is 5.75 Å². The normalized spacial score (nSPS) is 13.5. The molecule has 0 saturated carbocycles. The van der Waals surface area contributed by atoms with Gasteiger partial charge in [0.05, 0.1) is 5.92 Å². The van der Waals surface area contributed by atoms with Crippen LogP contribution in [0.2, 0.25) is 10.0 Å². The number of aliphatic hydroxyl groups is 1. The van der Waals surface area contributed by atoms with E-state index in [2.05, 4.69) is 10.1 Å². The first-order chi connectivity index (χ1) is 12.4. The van der Waals surface area contributed by atoms with E-state index in [1.54, 1.807) is 36.4 Å². The van der Waals surface area contributed by atoms with Crippen LogP contribution in [0.3, 0.4) is 0 Å². The quantitative estimate of drug-likeness (QED) is 0.590. The first-order valence-corrected chi connectivity index (χ1v) is 8.84. The van der Waals surface area contributed by atoms with Crippen molar-refractivity contribution >= 4 is 35.6 Å². The molecule has 2 aromatic carbocycles. The zero-order valence-corrected chi connectivity index (χ0v) is 17.1. The molecule has 2 atom stereocenters. The highest BCUT2D eigenvalue weighted by molar-refractivity contribution is 6.30. The summed E-state index contributed by atoms with van der Waals surface area (Å²) in [6.45, 7) is 3.84. The largest absolute Gasteiger partial charge is 0.487 e. The molecule has 0 saturated heterocycles. The van der Waals surface area contributed by atoms with Crippen LogP contribution in [0.5, 0.6) is 5.75 Å². The molecule has 3 rings (SSSR count).